The van der Waals surface area contributed by atoms with Crippen LogP contribution in [0.25, 0.3) is 0 Å². The first-order valence-electron chi connectivity index (χ1n) is 4.47. The molecule has 2 heterocycles. The van der Waals surface area contributed by atoms with Crippen LogP contribution in [-0.4, -0.2) is 22.0 Å². The molecule has 1 fully saturated rings. The predicted octanol–water partition coefficient (Wildman–Crippen LogP) is 1.15. The van der Waals surface area contributed by atoms with Gasteiger partial charge in [0.25, 0.3) is 5.56 Å². The Balaban J connectivity index is 2.36. The fraction of sp³-hybridized carbons (Fsp3) is 0.444. The van der Waals surface area contributed by atoms with Gasteiger partial charge in [0.2, 0.25) is 0 Å². The van der Waals surface area contributed by atoms with Crippen molar-refractivity contribution in [2.75, 3.05) is 5.75 Å². The minimum Gasteiger partial charge on any atom is -0.310 e. The lowest BCUT2D eigenvalue weighted by atomic mass is 10.2. The summed E-state index contributed by atoms with van der Waals surface area (Å²) >= 11 is 1.77. The molecule has 0 radical (unpaired) electrons. The molecule has 5 heteroatoms. The van der Waals surface area contributed by atoms with Crippen molar-refractivity contribution in [1.29, 1.82) is 0 Å². The Morgan fingerprint density at radius 2 is 2.50 bits per heavy atom. The van der Waals surface area contributed by atoms with Gasteiger partial charge in [0.05, 0.1) is 5.25 Å². The molecule has 2 rings (SSSR count). The molecule has 1 aromatic heterocycles. The molecule has 0 saturated carbocycles. The van der Waals surface area contributed by atoms with E-state index < -0.39 is 0 Å². The van der Waals surface area contributed by atoms with Crippen LogP contribution in [0, 0.1) is 0 Å². The van der Waals surface area contributed by atoms with Gasteiger partial charge in [0.15, 0.2) is 6.29 Å². The lowest BCUT2D eigenvalue weighted by Crippen LogP contribution is -2.13. The Hall–Kier alpha value is -1.10. The van der Waals surface area contributed by atoms with Crippen molar-refractivity contribution in [2.45, 2.75) is 18.1 Å². The minimum atomic E-state index is -0.246. The van der Waals surface area contributed by atoms with Gasteiger partial charge >= 0.3 is 0 Å². The minimum absolute atomic E-state index is 0.219. The number of rotatable bonds is 2. The second-order valence-corrected chi connectivity index (χ2v) is 4.49. The molecule has 1 aromatic rings. The van der Waals surface area contributed by atoms with E-state index in [1.54, 1.807) is 11.8 Å². The van der Waals surface area contributed by atoms with E-state index in [0.29, 0.717) is 12.1 Å². The summed E-state index contributed by atoms with van der Waals surface area (Å²) in [7, 11) is 0. The standard InChI is InChI=1S/C9H10N2O2S/c12-5-6-4-8(13)11-9(10-6)7-2-1-3-14-7/h4-5,7H,1-3H2,(H,10,11,13). The van der Waals surface area contributed by atoms with Crippen molar-refractivity contribution >= 4 is 18.0 Å². The topological polar surface area (TPSA) is 62.8 Å². The fourth-order valence-electron chi connectivity index (χ4n) is 1.50. The molecule has 0 amide bonds. The van der Waals surface area contributed by atoms with Gasteiger partial charge in [-0.1, -0.05) is 0 Å². The van der Waals surface area contributed by atoms with Crippen LogP contribution in [0.1, 0.15) is 34.4 Å². The maximum Gasteiger partial charge on any atom is 0.251 e. The normalized spacial score (nSPS) is 21.0. The van der Waals surface area contributed by atoms with Gasteiger partial charge in [-0.2, -0.15) is 11.8 Å². The summed E-state index contributed by atoms with van der Waals surface area (Å²) < 4.78 is 0. The maximum atomic E-state index is 11.2. The average molecular weight is 210 g/mol. The van der Waals surface area contributed by atoms with E-state index in [1.807, 2.05) is 0 Å². The van der Waals surface area contributed by atoms with Crippen molar-refractivity contribution in [3.05, 3.63) is 27.9 Å². The van der Waals surface area contributed by atoms with Gasteiger partial charge < -0.3 is 4.98 Å². The monoisotopic (exact) mass is 210 g/mol. The van der Waals surface area contributed by atoms with Crippen LogP contribution in [-0.2, 0) is 0 Å². The number of H-pyrrole nitrogens is 1. The lowest BCUT2D eigenvalue weighted by Gasteiger charge is -2.06. The van der Waals surface area contributed by atoms with Gasteiger partial charge in [0, 0.05) is 6.07 Å². The fourth-order valence-corrected chi connectivity index (χ4v) is 2.72. The SMILES string of the molecule is O=Cc1cc(=O)[nH]c(C2CCCS2)n1. The van der Waals surface area contributed by atoms with Gasteiger partial charge in [0.1, 0.15) is 11.5 Å². The Morgan fingerprint density at radius 3 is 3.14 bits per heavy atom. The summed E-state index contributed by atoms with van der Waals surface area (Å²) in [6.07, 6.45) is 2.78. The van der Waals surface area contributed by atoms with E-state index in [2.05, 4.69) is 9.97 Å². The van der Waals surface area contributed by atoms with Crippen LogP contribution in [0.5, 0.6) is 0 Å². The second kappa shape index (κ2) is 3.96. The number of aromatic nitrogens is 2. The van der Waals surface area contributed by atoms with E-state index >= 15 is 0 Å². The highest BCUT2D eigenvalue weighted by molar-refractivity contribution is 7.99. The summed E-state index contributed by atoms with van der Waals surface area (Å²) in [6, 6.07) is 1.22. The summed E-state index contributed by atoms with van der Waals surface area (Å²) in [4.78, 5) is 28.4. The number of nitrogens with one attached hydrogen (secondary N) is 1. The molecule has 0 spiro atoms. The van der Waals surface area contributed by atoms with Crippen molar-refractivity contribution in [3.8, 4) is 0 Å². The van der Waals surface area contributed by atoms with Crippen molar-refractivity contribution in [3.63, 3.8) is 0 Å². The zero-order chi connectivity index (χ0) is 9.97. The number of aldehydes is 1. The largest absolute Gasteiger partial charge is 0.310 e. The Kier molecular flexibility index (Phi) is 2.67. The highest BCUT2D eigenvalue weighted by Crippen LogP contribution is 2.37. The highest BCUT2D eigenvalue weighted by atomic mass is 32.2. The Bertz CT molecular complexity index is 396. The van der Waals surface area contributed by atoms with E-state index in [9.17, 15) is 9.59 Å². The van der Waals surface area contributed by atoms with Crippen LogP contribution >= 0.6 is 11.8 Å². The van der Waals surface area contributed by atoms with E-state index in [1.165, 1.54) is 6.07 Å². The summed E-state index contributed by atoms with van der Waals surface area (Å²) in [5.74, 6) is 1.74. The lowest BCUT2D eigenvalue weighted by molar-refractivity contribution is 0.111. The molecule has 1 saturated heterocycles. The second-order valence-electron chi connectivity index (χ2n) is 3.18. The highest BCUT2D eigenvalue weighted by Gasteiger charge is 2.20. The number of hydrogen-bond acceptors (Lipinski definition) is 4. The van der Waals surface area contributed by atoms with E-state index in [4.69, 9.17) is 0 Å². The summed E-state index contributed by atoms with van der Waals surface area (Å²) in [5, 5.41) is 0.252. The van der Waals surface area contributed by atoms with Gasteiger partial charge in [-0.05, 0) is 18.6 Å². The van der Waals surface area contributed by atoms with Crippen molar-refractivity contribution < 1.29 is 4.79 Å². The van der Waals surface area contributed by atoms with Crippen molar-refractivity contribution in [2.24, 2.45) is 0 Å². The molecule has 1 aliphatic heterocycles. The number of aromatic amines is 1. The first-order chi connectivity index (χ1) is 6.79. The zero-order valence-corrected chi connectivity index (χ0v) is 8.34. The van der Waals surface area contributed by atoms with E-state index in [0.717, 1.165) is 18.6 Å². The van der Waals surface area contributed by atoms with Gasteiger partial charge in [-0.3, -0.25) is 9.59 Å². The molecule has 1 N–H and O–H groups in total. The molecule has 1 aliphatic rings. The molecule has 0 aliphatic carbocycles. The third-order valence-corrected chi connectivity index (χ3v) is 3.52. The third kappa shape index (κ3) is 1.87. The first-order valence-corrected chi connectivity index (χ1v) is 5.52. The van der Waals surface area contributed by atoms with Crippen LogP contribution in [0.4, 0.5) is 0 Å². The van der Waals surface area contributed by atoms with Crippen LogP contribution in [0.2, 0.25) is 0 Å². The molecular weight excluding hydrogens is 200 g/mol. The number of carbonyl (C=O) groups excluding carboxylic acids is 1. The number of nitrogens with zero attached hydrogens (tertiary/aromatic N) is 1. The number of carbonyl (C=O) groups is 1. The van der Waals surface area contributed by atoms with Gasteiger partial charge in [-0.15, -0.1) is 0 Å². The quantitative estimate of drug-likeness (QED) is 0.744. The smallest absolute Gasteiger partial charge is 0.251 e. The third-order valence-electron chi connectivity index (χ3n) is 2.14. The molecule has 1 atom stereocenters. The molecule has 1 unspecified atom stereocenters. The average Bonchev–Trinajstić information content (AvgIpc) is 2.69. The molecule has 14 heavy (non-hydrogen) atoms. The molecule has 74 valence electrons. The van der Waals surface area contributed by atoms with Crippen LogP contribution in [0.3, 0.4) is 0 Å². The number of hydrogen-bond donors (Lipinski definition) is 1. The molecule has 0 aromatic carbocycles. The number of thioether (sulfide) groups is 1. The van der Waals surface area contributed by atoms with Crippen LogP contribution in [0.15, 0.2) is 10.9 Å². The molecule has 4 nitrogen and oxygen atoms in total. The Morgan fingerprint density at radius 1 is 1.64 bits per heavy atom. The first kappa shape index (κ1) is 9.45. The van der Waals surface area contributed by atoms with E-state index in [-0.39, 0.29) is 16.5 Å². The Labute approximate surface area is 85.1 Å². The maximum absolute atomic E-state index is 11.2. The molecule has 0 bridgehead atoms. The van der Waals surface area contributed by atoms with Crippen molar-refractivity contribution in [1.82, 2.24) is 9.97 Å². The van der Waals surface area contributed by atoms with Crippen LogP contribution < -0.4 is 5.56 Å². The zero-order valence-electron chi connectivity index (χ0n) is 7.53. The van der Waals surface area contributed by atoms with Gasteiger partial charge in [-0.25, -0.2) is 4.98 Å². The summed E-state index contributed by atoms with van der Waals surface area (Å²) in [5.41, 5.74) is -0.0270. The molecular formula is C9H10N2O2S. The predicted molar refractivity (Wildman–Crippen MR) is 54.7 cm³/mol. The summed E-state index contributed by atoms with van der Waals surface area (Å²) in [6.45, 7) is 0.